The number of hydrogen-bond donors (Lipinski definition) is 1. The van der Waals surface area contributed by atoms with Crippen LogP contribution in [0.25, 0.3) is 11.5 Å². The Hall–Kier alpha value is -2.75. The summed E-state index contributed by atoms with van der Waals surface area (Å²) in [6, 6.07) is 12.3. The molecule has 0 saturated carbocycles. The first-order valence-electron chi connectivity index (χ1n) is 13.0. The molecule has 3 rings (SSSR count). The molecule has 1 heterocycles. The van der Waals surface area contributed by atoms with Crippen LogP contribution in [0.2, 0.25) is 0 Å². The Bertz CT molecular complexity index is 1080. The minimum atomic E-state index is -0.245. The number of hydrogen-bond acceptors (Lipinski definition) is 4. The number of phenols is 1. The van der Waals surface area contributed by atoms with Crippen molar-refractivity contribution in [3.63, 3.8) is 0 Å². The molecular formula is C31H43NO3. The van der Waals surface area contributed by atoms with E-state index in [0.29, 0.717) is 11.6 Å². The summed E-state index contributed by atoms with van der Waals surface area (Å²) in [4.78, 5) is 4.80. The number of nitrogens with zero attached hydrogens (tertiary/aromatic N) is 1. The number of rotatable bonds is 9. The minimum Gasteiger partial charge on any atom is -0.507 e. The fourth-order valence-electron chi connectivity index (χ4n) is 4.33. The van der Waals surface area contributed by atoms with Gasteiger partial charge in [-0.25, -0.2) is 4.98 Å². The minimum absolute atomic E-state index is 0.216. The molecule has 1 atom stereocenters. The lowest BCUT2D eigenvalue weighted by molar-refractivity contribution is 0.219. The van der Waals surface area contributed by atoms with Gasteiger partial charge in [-0.1, -0.05) is 85.9 Å². The van der Waals surface area contributed by atoms with Gasteiger partial charge >= 0.3 is 0 Å². The molecule has 1 unspecified atom stereocenters. The maximum Gasteiger partial charge on any atom is 0.226 e. The standard InChI is InChI=1S/C31H43NO3/c1-9-10-11-12-15-22-16-13-14-17-27(22)35-21(2)26-20-34-29(32-26)23-18-24(30(3,4)5)28(33)25(19-23)31(6,7)8/h13-14,16-21,33H,9-12,15H2,1-8H3. The number of aryl methyl sites for hydroxylation is 1. The first kappa shape index (κ1) is 26.8. The van der Waals surface area contributed by atoms with Crippen molar-refractivity contribution >= 4 is 0 Å². The maximum atomic E-state index is 11.0. The molecular weight excluding hydrogens is 434 g/mol. The number of oxazole rings is 1. The average molecular weight is 478 g/mol. The van der Waals surface area contributed by atoms with Crippen LogP contribution in [0.1, 0.15) is 110 Å². The molecule has 4 heteroatoms. The lowest BCUT2D eigenvalue weighted by atomic mass is 9.78. The zero-order chi connectivity index (χ0) is 25.8. The van der Waals surface area contributed by atoms with Crippen molar-refractivity contribution in [3.8, 4) is 23.0 Å². The monoisotopic (exact) mass is 477 g/mol. The second kappa shape index (κ2) is 10.9. The first-order chi connectivity index (χ1) is 16.4. The van der Waals surface area contributed by atoms with E-state index in [2.05, 4.69) is 60.6 Å². The predicted molar refractivity (Wildman–Crippen MR) is 144 cm³/mol. The van der Waals surface area contributed by atoms with Crippen LogP contribution < -0.4 is 4.74 Å². The van der Waals surface area contributed by atoms with E-state index in [1.54, 1.807) is 6.26 Å². The fraction of sp³-hybridized carbons (Fsp3) is 0.516. The summed E-state index contributed by atoms with van der Waals surface area (Å²) in [6.45, 7) is 16.9. The van der Waals surface area contributed by atoms with Crippen molar-refractivity contribution in [1.82, 2.24) is 4.98 Å². The van der Waals surface area contributed by atoms with Crippen molar-refractivity contribution in [2.45, 2.75) is 104 Å². The second-order valence-corrected chi connectivity index (χ2v) is 11.7. The molecule has 0 amide bonds. The van der Waals surface area contributed by atoms with Crippen molar-refractivity contribution in [3.05, 3.63) is 65.0 Å². The molecule has 35 heavy (non-hydrogen) atoms. The Morgan fingerprint density at radius 2 is 1.57 bits per heavy atom. The van der Waals surface area contributed by atoms with Crippen LogP contribution in [0.5, 0.6) is 11.5 Å². The fourth-order valence-corrected chi connectivity index (χ4v) is 4.33. The van der Waals surface area contributed by atoms with Crippen LogP contribution in [0, 0.1) is 0 Å². The summed E-state index contributed by atoms with van der Waals surface area (Å²) in [5.74, 6) is 1.81. The molecule has 0 aliphatic heterocycles. The van der Waals surface area contributed by atoms with E-state index in [4.69, 9.17) is 14.1 Å². The summed E-state index contributed by atoms with van der Waals surface area (Å²) < 4.78 is 12.3. The van der Waals surface area contributed by atoms with Crippen molar-refractivity contribution in [2.24, 2.45) is 0 Å². The molecule has 1 N–H and O–H groups in total. The molecule has 4 nitrogen and oxygen atoms in total. The predicted octanol–water partition coefficient (Wildman–Crippen LogP) is 8.91. The number of ether oxygens (including phenoxy) is 1. The van der Waals surface area contributed by atoms with Crippen molar-refractivity contribution in [2.75, 3.05) is 0 Å². The topological polar surface area (TPSA) is 55.5 Å². The molecule has 0 aliphatic rings. The van der Waals surface area contributed by atoms with Gasteiger partial charge in [0.2, 0.25) is 5.89 Å². The zero-order valence-electron chi connectivity index (χ0n) is 22.9. The SMILES string of the molecule is CCCCCCc1ccccc1OC(C)c1coc(-c2cc(C(C)(C)C)c(O)c(C(C)(C)C)c2)n1. The highest BCUT2D eigenvalue weighted by Crippen LogP contribution is 2.42. The first-order valence-corrected chi connectivity index (χ1v) is 13.0. The summed E-state index contributed by atoms with van der Waals surface area (Å²) in [5.41, 5.74) is 4.21. The molecule has 0 bridgehead atoms. The molecule has 0 saturated heterocycles. The highest BCUT2D eigenvalue weighted by Gasteiger charge is 2.28. The third-order valence-electron chi connectivity index (χ3n) is 6.49. The zero-order valence-corrected chi connectivity index (χ0v) is 22.9. The molecule has 1 aromatic heterocycles. The van der Waals surface area contributed by atoms with Gasteiger partial charge in [0.05, 0.1) is 0 Å². The quantitative estimate of drug-likeness (QED) is 0.313. The third kappa shape index (κ3) is 6.68. The lowest BCUT2D eigenvalue weighted by Gasteiger charge is -2.27. The van der Waals surface area contributed by atoms with Gasteiger partial charge in [-0.2, -0.15) is 0 Å². The number of phenolic OH excluding ortho intramolecular Hbond substituents is 1. The number of para-hydroxylation sites is 1. The third-order valence-corrected chi connectivity index (χ3v) is 6.49. The highest BCUT2D eigenvalue weighted by molar-refractivity contribution is 5.63. The van der Waals surface area contributed by atoms with Gasteiger partial charge in [-0.15, -0.1) is 0 Å². The van der Waals surface area contributed by atoms with E-state index in [-0.39, 0.29) is 16.9 Å². The number of unbranched alkanes of at least 4 members (excludes halogenated alkanes) is 3. The molecule has 0 radical (unpaired) electrons. The summed E-state index contributed by atoms with van der Waals surface area (Å²) in [5, 5.41) is 11.0. The normalized spacial score (nSPS) is 13.1. The average Bonchev–Trinajstić information content (AvgIpc) is 3.27. The van der Waals surface area contributed by atoms with Gasteiger partial charge in [0, 0.05) is 16.7 Å². The van der Waals surface area contributed by atoms with Crippen LogP contribution in [0.3, 0.4) is 0 Å². The van der Waals surface area contributed by atoms with E-state index in [9.17, 15) is 5.11 Å². The Morgan fingerprint density at radius 1 is 0.943 bits per heavy atom. The van der Waals surface area contributed by atoms with Gasteiger partial charge in [0.15, 0.2) is 0 Å². The second-order valence-electron chi connectivity index (χ2n) is 11.7. The van der Waals surface area contributed by atoms with Crippen molar-refractivity contribution < 1.29 is 14.3 Å². The molecule has 2 aromatic carbocycles. The smallest absolute Gasteiger partial charge is 0.226 e. The summed E-state index contributed by atoms with van der Waals surface area (Å²) in [7, 11) is 0. The molecule has 0 aliphatic carbocycles. The summed E-state index contributed by atoms with van der Waals surface area (Å²) >= 11 is 0. The van der Waals surface area contributed by atoms with E-state index >= 15 is 0 Å². The van der Waals surface area contributed by atoms with Crippen LogP contribution in [0.15, 0.2) is 47.1 Å². The highest BCUT2D eigenvalue weighted by atomic mass is 16.5. The Morgan fingerprint density at radius 3 is 2.17 bits per heavy atom. The van der Waals surface area contributed by atoms with Gasteiger partial charge in [-0.05, 0) is 54.4 Å². The largest absolute Gasteiger partial charge is 0.507 e. The van der Waals surface area contributed by atoms with E-state index in [0.717, 1.165) is 34.6 Å². The van der Waals surface area contributed by atoms with Crippen molar-refractivity contribution in [1.29, 1.82) is 0 Å². The van der Waals surface area contributed by atoms with Crippen LogP contribution in [0.4, 0.5) is 0 Å². The number of aromatic hydroxyl groups is 1. The van der Waals surface area contributed by atoms with Gasteiger partial charge in [0.1, 0.15) is 29.6 Å². The van der Waals surface area contributed by atoms with Crippen LogP contribution >= 0.6 is 0 Å². The van der Waals surface area contributed by atoms with Gasteiger partial charge < -0.3 is 14.3 Å². The Labute approximate surface area is 211 Å². The maximum absolute atomic E-state index is 11.0. The van der Waals surface area contributed by atoms with Crippen LogP contribution in [-0.4, -0.2) is 10.1 Å². The summed E-state index contributed by atoms with van der Waals surface area (Å²) in [6.07, 6.45) is 7.38. The molecule has 0 spiro atoms. The molecule has 0 fully saturated rings. The van der Waals surface area contributed by atoms with Crippen LogP contribution in [-0.2, 0) is 17.3 Å². The number of benzene rings is 2. The molecule has 3 aromatic rings. The van der Waals surface area contributed by atoms with E-state index < -0.39 is 0 Å². The van der Waals surface area contributed by atoms with E-state index in [1.807, 2.05) is 31.2 Å². The number of aromatic nitrogens is 1. The lowest BCUT2D eigenvalue weighted by Crippen LogP contribution is -2.17. The molecule has 190 valence electrons. The Balaban J connectivity index is 1.86. The van der Waals surface area contributed by atoms with E-state index in [1.165, 1.54) is 31.2 Å². The van der Waals surface area contributed by atoms with Gasteiger partial charge in [-0.3, -0.25) is 0 Å². The van der Waals surface area contributed by atoms with Gasteiger partial charge in [0.25, 0.3) is 0 Å². The Kier molecular flexibility index (Phi) is 8.35.